The molecule has 0 unspecified atom stereocenters. The molecule has 2 heterocycles. The number of carbonyl (C=O) groups excluding carboxylic acids is 6. The Morgan fingerprint density at radius 3 is 1.69 bits per heavy atom. The smallest absolute Gasteiger partial charge is 0.321 e. The Morgan fingerprint density at radius 2 is 1.15 bits per heavy atom. The van der Waals surface area contributed by atoms with E-state index in [1.54, 1.807) is 50.8 Å². The number of carbonyl (C=O) groups is 9. The molecule has 0 aliphatic carbocycles. The third-order valence-electron chi connectivity index (χ3n) is 14.1. The van der Waals surface area contributed by atoms with Crippen LogP contribution in [0.5, 0.6) is 11.5 Å². The lowest BCUT2D eigenvalue weighted by molar-refractivity contribution is -0.140. The minimum atomic E-state index is -1.27. The summed E-state index contributed by atoms with van der Waals surface area (Å²) in [7, 11) is 0. The highest BCUT2D eigenvalue weighted by molar-refractivity contribution is 5.95. The number of phenolic OH excluding ortho intramolecular Hbond substituents is 1. The van der Waals surface area contributed by atoms with E-state index in [2.05, 4.69) is 42.2 Å². The molecule has 30 heteroatoms. The van der Waals surface area contributed by atoms with E-state index in [0.29, 0.717) is 43.0 Å². The molecule has 1 saturated heterocycles. The number of aromatic hydroxyl groups is 1. The number of fused-ring (bicyclic) bond motifs is 1. The van der Waals surface area contributed by atoms with E-state index in [4.69, 9.17) is 10.5 Å². The number of nitrogens with one attached hydrogen (secondary N) is 7. The maximum atomic E-state index is 14.7. The second kappa shape index (κ2) is 36.4. The van der Waals surface area contributed by atoms with Gasteiger partial charge in [0, 0.05) is 135 Å². The molecule has 3 aromatic carbocycles. The SMILES string of the molecule is CCC(=O)NCCNC(=O)NC(N)=NCCC[C@@H](NC(=O)[C@H](c1ccc(OCCCNC(=O)CCNC(=O)CN2CCN(CC(=O)O)CCN(CC(=O)O)CCN(CC(=O)O)CC2)cc1)N1Cc2ccccc2C1)C(=O)NCc1c(F)cc(O)cc1F. The van der Waals surface area contributed by atoms with E-state index in [-0.39, 0.29) is 161 Å². The first kappa shape index (κ1) is 69.2. The number of guanidine groups is 1. The second-order valence-corrected chi connectivity index (χ2v) is 20.7. The monoisotopic (exact) mass is 1220 g/mol. The minimum Gasteiger partial charge on any atom is -0.508 e. The second-order valence-electron chi connectivity index (χ2n) is 20.7. The van der Waals surface area contributed by atoms with E-state index in [1.807, 2.05) is 29.2 Å². The van der Waals surface area contributed by atoms with Crippen molar-refractivity contribution >= 4 is 59.4 Å². The van der Waals surface area contributed by atoms with E-state index in [1.165, 1.54) is 0 Å². The summed E-state index contributed by atoms with van der Waals surface area (Å²) in [4.78, 5) is 126. The van der Waals surface area contributed by atoms with Crippen LogP contribution in [0.3, 0.4) is 0 Å². The number of nitrogens with two attached hydrogens (primary N) is 1. The van der Waals surface area contributed by atoms with Crippen molar-refractivity contribution in [3.05, 3.63) is 94.6 Å². The maximum Gasteiger partial charge on any atom is 0.321 e. The summed E-state index contributed by atoms with van der Waals surface area (Å²) < 4.78 is 35.4. The van der Waals surface area contributed by atoms with Gasteiger partial charge < -0.3 is 62.8 Å². The molecule has 28 nitrogen and oxygen atoms in total. The molecule has 87 heavy (non-hydrogen) atoms. The molecule has 0 bridgehead atoms. The van der Waals surface area contributed by atoms with Crippen LogP contribution < -0.4 is 47.7 Å². The third-order valence-corrected chi connectivity index (χ3v) is 14.1. The highest BCUT2D eigenvalue weighted by atomic mass is 19.1. The van der Waals surface area contributed by atoms with Gasteiger partial charge in [0.15, 0.2) is 5.96 Å². The Balaban J connectivity index is 1.14. The molecule has 0 spiro atoms. The molecule has 5 rings (SSSR count). The zero-order chi connectivity index (χ0) is 63.3. The first-order valence-corrected chi connectivity index (χ1v) is 28.6. The molecular weight excluding hydrogens is 1140 g/mol. The number of urea groups is 1. The average molecular weight is 1220 g/mol. The lowest BCUT2D eigenvalue weighted by atomic mass is 10.0. The number of phenols is 1. The summed E-state index contributed by atoms with van der Waals surface area (Å²) in [6, 6.07) is 13.0. The zero-order valence-electron chi connectivity index (χ0n) is 48.7. The fraction of sp³-hybridized carbons (Fsp3) is 0.509. The van der Waals surface area contributed by atoms with Crippen LogP contribution in [0.4, 0.5) is 13.6 Å². The van der Waals surface area contributed by atoms with Crippen molar-refractivity contribution in [2.45, 2.75) is 70.7 Å². The lowest BCUT2D eigenvalue weighted by Crippen LogP contribution is -2.50. The van der Waals surface area contributed by atoms with Gasteiger partial charge in [-0.05, 0) is 48.1 Å². The molecule has 3 aromatic rings. The summed E-state index contributed by atoms with van der Waals surface area (Å²) in [5.74, 6) is -8.06. The van der Waals surface area contributed by atoms with Crippen LogP contribution in [0.25, 0.3) is 0 Å². The standard InChI is InChI=1S/C57H80F2N14O14/c1-2-47(75)63-18-19-65-57(86)68-56(60)64-15-5-9-46(54(84)66-31-43-44(58)29-41(74)30-45(43)59)67-55(85)53(73-32-39-7-3-4-8-40(39)33-73)38-10-12-42(13-11-38)87-28-6-16-61-48(76)14-17-62-49(77)34-69-20-22-70(35-50(78)79)24-26-72(37-52(82)83)27-25-71(23-21-69)36-51(80)81/h3-4,7-8,10-13,29-30,46,53,74H,2,5-6,9,14-28,31-37H2,1H3,(H,61,76)(H,62,77)(H,63,75)(H,66,84)(H,67,85)(H,78,79)(H,80,81)(H,82,83)(H4,60,64,65,68,86)/t46-,53+/m1/s1. The van der Waals surface area contributed by atoms with Gasteiger partial charge in [0.2, 0.25) is 29.5 Å². The van der Waals surface area contributed by atoms with Gasteiger partial charge in [-0.25, -0.2) is 13.6 Å². The van der Waals surface area contributed by atoms with Crippen molar-refractivity contribution in [1.82, 2.24) is 61.7 Å². The van der Waals surface area contributed by atoms with Crippen LogP contribution in [0.15, 0.2) is 65.7 Å². The first-order chi connectivity index (χ1) is 41.6. The first-order valence-electron chi connectivity index (χ1n) is 28.6. The summed E-state index contributed by atoms with van der Waals surface area (Å²) in [6.07, 6.45) is 0.768. The number of nitrogens with zero attached hydrogens (tertiary/aromatic N) is 6. The third kappa shape index (κ3) is 25.5. The largest absolute Gasteiger partial charge is 0.508 e. The fourth-order valence-electron chi connectivity index (χ4n) is 9.53. The Bertz CT molecular complexity index is 2770. The van der Waals surface area contributed by atoms with Crippen molar-refractivity contribution in [3.8, 4) is 11.5 Å². The minimum absolute atomic E-state index is 0.0115. The van der Waals surface area contributed by atoms with E-state index in [9.17, 15) is 72.4 Å². The van der Waals surface area contributed by atoms with E-state index < -0.39 is 83.2 Å². The van der Waals surface area contributed by atoms with Crippen LogP contribution >= 0.6 is 0 Å². The summed E-state index contributed by atoms with van der Waals surface area (Å²) in [6.45, 7) is 3.55. The van der Waals surface area contributed by atoms with Gasteiger partial charge in [0.05, 0.1) is 32.8 Å². The van der Waals surface area contributed by atoms with Gasteiger partial charge in [-0.1, -0.05) is 43.3 Å². The Hall–Kier alpha value is -8.58. The highest BCUT2D eigenvalue weighted by Gasteiger charge is 2.35. The number of aliphatic imine (C=N–C) groups is 1. The number of aliphatic carboxylic acids is 3. The number of halogens is 2. The van der Waals surface area contributed by atoms with Gasteiger partial charge in [0.25, 0.3) is 0 Å². The van der Waals surface area contributed by atoms with E-state index in [0.717, 1.165) is 11.1 Å². The number of ether oxygens (including phenoxy) is 1. The number of rotatable bonds is 31. The Labute approximate surface area is 502 Å². The summed E-state index contributed by atoms with van der Waals surface area (Å²) in [5.41, 5.74) is 7.94. The van der Waals surface area contributed by atoms with Crippen LogP contribution in [0.2, 0.25) is 0 Å². The molecule has 1 fully saturated rings. The zero-order valence-corrected chi connectivity index (χ0v) is 48.7. The number of hydrogen-bond donors (Lipinski definition) is 12. The topological polar surface area (TPSA) is 383 Å². The summed E-state index contributed by atoms with van der Waals surface area (Å²) >= 11 is 0. The van der Waals surface area contributed by atoms with Crippen molar-refractivity contribution in [3.63, 3.8) is 0 Å². The molecule has 7 amide bonds. The molecule has 13 N–H and O–H groups in total. The lowest BCUT2D eigenvalue weighted by Gasteiger charge is -2.32. The summed E-state index contributed by atoms with van der Waals surface area (Å²) in [5, 5.41) is 56.4. The molecule has 2 aliphatic heterocycles. The van der Waals surface area contributed by atoms with Crippen molar-refractivity contribution in [2.24, 2.45) is 10.7 Å². The fourth-order valence-corrected chi connectivity index (χ4v) is 9.53. The quantitative estimate of drug-likeness (QED) is 0.0216. The van der Waals surface area contributed by atoms with Crippen molar-refractivity contribution < 1.29 is 77.1 Å². The van der Waals surface area contributed by atoms with E-state index >= 15 is 0 Å². The van der Waals surface area contributed by atoms with Gasteiger partial charge >= 0.3 is 23.9 Å². The molecule has 0 aromatic heterocycles. The number of benzene rings is 3. The predicted octanol–water partition coefficient (Wildman–Crippen LogP) is -0.684. The molecular formula is C57H80F2N14O14. The van der Waals surface area contributed by atoms with Crippen LogP contribution in [-0.4, -0.2) is 228 Å². The van der Waals surface area contributed by atoms with Crippen LogP contribution in [-0.2, 0) is 58.0 Å². The van der Waals surface area contributed by atoms with Gasteiger partial charge in [-0.15, -0.1) is 0 Å². The number of hydrogen-bond acceptors (Lipinski definition) is 17. The molecule has 2 aliphatic rings. The van der Waals surface area contributed by atoms with Crippen molar-refractivity contribution in [2.75, 3.05) is 118 Å². The van der Waals surface area contributed by atoms with Gasteiger partial charge in [-0.3, -0.25) is 73.2 Å². The number of carboxylic acids is 3. The molecule has 2 atom stereocenters. The predicted molar refractivity (Wildman–Crippen MR) is 312 cm³/mol. The number of amides is 7. The van der Waals surface area contributed by atoms with Crippen molar-refractivity contribution in [1.29, 1.82) is 0 Å². The van der Waals surface area contributed by atoms with Crippen LogP contribution in [0.1, 0.15) is 67.3 Å². The number of carboxylic acid groups (broad SMARTS) is 3. The van der Waals surface area contributed by atoms with Gasteiger partial charge in [0.1, 0.15) is 35.2 Å². The van der Waals surface area contributed by atoms with Crippen LogP contribution in [0, 0.1) is 11.6 Å². The molecule has 0 radical (unpaired) electrons. The average Bonchev–Trinajstić information content (AvgIpc) is 2.59. The Kier molecular flexibility index (Phi) is 29.0. The molecule has 476 valence electrons. The maximum absolute atomic E-state index is 14.7. The normalized spacial score (nSPS) is 15.5. The van der Waals surface area contributed by atoms with Gasteiger partial charge in [-0.2, -0.15) is 0 Å². The molecule has 0 saturated carbocycles. The Morgan fingerprint density at radius 1 is 0.632 bits per heavy atom. The highest BCUT2D eigenvalue weighted by Crippen LogP contribution is 2.33.